The number of hydrogen-bond acceptors (Lipinski definition) is 3. The summed E-state index contributed by atoms with van der Waals surface area (Å²) in [6, 6.07) is 11.0. The second kappa shape index (κ2) is 8.69. The number of rotatable bonds is 8. The highest BCUT2D eigenvalue weighted by atomic mass is 16.5. The van der Waals surface area contributed by atoms with Crippen LogP contribution in [0.5, 0.6) is 5.75 Å². The van der Waals surface area contributed by atoms with Crippen molar-refractivity contribution < 1.29 is 4.74 Å². The number of benzene rings is 1. The van der Waals surface area contributed by atoms with Crippen molar-refractivity contribution in [3.63, 3.8) is 0 Å². The van der Waals surface area contributed by atoms with Gasteiger partial charge < -0.3 is 9.64 Å². The molecule has 1 aliphatic carbocycles. The van der Waals surface area contributed by atoms with Crippen molar-refractivity contribution in [2.24, 2.45) is 11.8 Å². The topological polar surface area (TPSA) is 30.3 Å². The molecule has 1 aromatic heterocycles. The van der Waals surface area contributed by atoms with Gasteiger partial charge in [-0.25, -0.2) is 0 Å². The molecule has 28 heavy (non-hydrogen) atoms. The third-order valence-corrected chi connectivity index (χ3v) is 6.05. The Morgan fingerprint density at radius 3 is 2.43 bits per heavy atom. The molecule has 4 nitrogen and oxygen atoms in total. The first kappa shape index (κ1) is 19.5. The number of aromatic nitrogens is 2. The number of ether oxygens (including phenoxy) is 1. The predicted octanol–water partition coefficient (Wildman–Crippen LogP) is 4.73. The van der Waals surface area contributed by atoms with Crippen LogP contribution in [0.25, 0.3) is 0 Å². The molecule has 0 radical (unpaired) electrons. The van der Waals surface area contributed by atoms with E-state index in [9.17, 15) is 0 Å². The molecule has 152 valence electrons. The summed E-state index contributed by atoms with van der Waals surface area (Å²) in [4.78, 5) is 2.43. The zero-order valence-corrected chi connectivity index (χ0v) is 17.7. The minimum Gasteiger partial charge on any atom is -0.493 e. The molecule has 0 spiro atoms. The van der Waals surface area contributed by atoms with Gasteiger partial charge in [0.1, 0.15) is 5.75 Å². The molecule has 1 aliphatic heterocycles. The minimum absolute atomic E-state index is 0.548. The zero-order valence-electron chi connectivity index (χ0n) is 17.7. The van der Waals surface area contributed by atoms with Crippen LogP contribution < -0.4 is 4.74 Å². The molecule has 0 unspecified atom stereocenters. The van der Waals surface area contributed by atoms with Crippen LogP contribution in [0.4, 0.5) is 0 Å². The van der Waals surface area contributed by atoms with Gasteiger partial charge in [0.25, 0.3) is 0 Å². The standard InChI is InChI=1S/C24H35N3O/c1-18(2)17-28-23-8-6-20(7-9-23)16-27-22(14-19-4-5-19)15-24(25-27)21-10-12-26(3)13-11-21/h6-9,15,18-19,21H,4-5,10-14,16-17H2,1-3H3. The van der Waals surface area contributed by atoms with Gasteiger partial charge in [-0.2, -0.15) is 5.10 Å². The summed E-state index contributed by atoms with van der Waals surface area (Å²) in [7, 11) is 2.22. The van der Waals surface area contributed by atoms with Crippen LogP contribution in [0, 0.1) is 11.8 Å². The highest BCUT2D eigenvalue weighted by Crippen LogP contribution is 2.34. The molecule has 2 fully saturated rings. The van der Waals surface area contributed by atoms with Crippen LogP contribution in [0.3, 0.4) is 0 Å². The van der Waals surface area contributed by atoms with Crippen molar-refractivity contribution in [1.82, 2.24) is 14.7 Å². The monoisotopic (exact) mass is 381 g/mol. The van der Waals surface area contributed by atoms with Gasteiger partial charge in [0.05, 0.1) is 18.8 Å². The summed E-state index contributed by atoms with van der Waals surface area (Å²) in [6.45, 7) is 8.36. The Morgan fingerprint density at radius 2 is 1.79 bits per heavy atom. The molecule has 4 rings (SSSR count). The fourth-order valence-corrected chi connectivity index (χ4v) is 4.03. The lowest BCUT2D eigenvalue weighted by Crippen LogP contribution is -2.29. The van der Waals surface area contributed by atoms with Gasteiger partial charge >= 0.3 is 0 Å². The zero-order chi connectivity index (χ0) is 19.5. The SMILES string of the molecule is CC(C)COc1ccc(Cn2nc(C3CCN(C)CC3)cc2CC2CC2)cc1. The Balaban J connectivity index is 1.46. The van der Waals surface area contributed by atoms with Crippen molar-refractivity contribution in [2.45, 2.75) is 58.4 Å². The van der Waals surface area contributed by atoms with Crippen molar-refractivity contribution in [3.8, 4) is 5.75 Å². The summed E-state index contributed by atoms with van der Waals surface area (Å²) in [5.41, 5.74) is 4.05. The van der Waals surface area contributed by atoms with Gasteiger partial charge in [0.2, 0.25) is 0 Å². The van der Waals surface area contributed by atoms with Crippen molar-refractivity contribution in [3.05, 3.63) is 47.3 Å². The van der Waals surface area contributed by atoms with Crippen LogP contribution in [-0.4, -0.2) is 41.4 Å². The van der Waals surface area contributed by atoms with Gasteiger partial charge in [0, 0.05) is 11.6 Å². The Labute approximate surface area is 169 Å². The van der Waals surface area contributed by atoms with Crippen LogP contribution in [0.15, 0.2) is 30.3 Å². The third kappa shape index (κ3) is 5.16. The maximum absolute atomic E-state index is 5.82. The van der Waals surface area contributed by atoms with Crippen LogP contribution in [-0.2, 0) is 13.0 Å². The van der Waals surface area contributed by atoms with E-state index in [0.29, 0.717) is 11.8 Å². The highest BCUT2D eigenvalue weighted by Gasteiger charge is 2.26. The second-order valence-electron chi connectivity index (χ2n) is 9.29. The molecule has 0 bridgehead atoms. The molecule has 2 aromatic rings. The summed E-state index contributed by atoms with van der Waals surface area (Å²) < 4.78 is 8.10. The Hall–Kier alpha value is -1.81. The average Bonchev–Trinajstić information content (AvgIpc) is 3.42. The van der Waals surface area contributed by atoms with Gasteiger partial charge in [-0.3, -0.25) is 4.68 Å². The van der Waals surface area contributed by atoms with Gasteiger partial charge in [-0.05, 0) is 87.8 Å². The number of nitrogens with zero attached hydrogens (tertiary/aromatic N) is 3. The molecule has 4 heteroatoms. The first-order chi connectivity index (χ1) is 13.6. The van der Waals surface area contributed by atoms with Gasteiger partial charge in [-0.15, -0.1) is 0 Å². The summed E-state index contributed by atoms with van der Waals surface area (Å²) >= 11 is 0. The Bertz CT molecular complexity index is 753. The first-order valence-corrected chi connectivity index (χ1v) is 11.0. The predicted molar refractivity (Wildman–Crippen MR) is 114 cm³/mol. The summed E-state index contributed by atoms with van der Waals surface area (Å²) in [6.07, 6.45) is 6.43. The van der Waals surface area contributed by atoms with E-state index in [2.05, 4.69) is 60.8 Å². The first-order valence-electron chi connectivity index (χ1n) is 11.0. The lowest BCUT2D eigenvalue weighted by atomic mass is 9.93. The van der Waals surface area contributed by atoms with Crippen molar-refractivity contribution in [1.29, 1.82) is 0 Å². The second-order valence-corrected chi connectivity index (χ2v) is 9.29. The van der Waals surface area contributed by atoms with Crippen molar-refractivity contribution >= 4 is 0 Å². The molecule has 0 amide bonds. The largest absolute Gasteiger partial charge is 0.493 e. The quantitative estimate of drug-likeness (QED) is 0.662. The number of likely N-dealkylation sites (tertiary alicyclic amines) is 1. The molecule has 1 saturated heterocycles. The highest BCUT2D eigenvalue weighted by molar-refractivity contribution is 5.28. The fraction of sp³-hybridized carbons (Fsp3) is 0.625. The number of hydrogen-bond donors (Lipinski definition) is 0. The Kier molecular flexibility index (Phi) is 6.05. The van der Waals surface area contributed by atoms with E-state index in [1.54, 1.807) is 0 Å². The van der Waals surface area contributed by atoms with Crippen LogP contribution in [0.2, 0.25) is 0 Å². The van der Waals surface area contributed by atoms with E-state index in [1.807, 2.05) is 0 Å². The maximum atomic E-state index is 5.82. The molecule has 1 saturated carbocycles. The van der Waals surface area contributed by atoms with Crippen LogP contribution >= 0.6 is 0 Å². The molecule has 0 atom stereocenters. The fourth-order valence-electron chi connectivity index (χ4n) is 4.03. The van der Waals surface area contributed by atoms with E-state index < -0.39 is 0 Å². The molecule has 2 aliphatic rings. The van der Waals surface area contributed by atoms with E-state index in [-0.39, 0.29) is 0 Å². The van der Waals surface area contributed by atoms with Gasteiger partial charge in [0.15, 0.2) is 0 Å². The minimum atomic E-state index is 0.548. The summed E-state index contributed by atoms with van der Waals surface area (Å²) in [5, 5.41) is 5.08. The molecular formula is C24H35N3O. The van der Waals surface area contributed by atoms with E-state index in [0.717, 1.165) is 24.8 Å². The molecular weight excluding hydrogens is 346 g/mol. The van der Waals surface area contributed by atoms with E-state index in [1.165, 1.54) is 62.1 Å². The van der Waals surface area contributed by atoms with E-state index in [4.69, 9.17) is 9.84 Å². The summed E-state index contributed by atoms with van der Waals surface area (Å²) in [5.74, 6) is 3.02. The smallest absolute Gasteiger partial charge is 0.119 e. The average molecular weight is 382 g/mol. The van der Waals surface area contributed by atoms with Gasteiger partial charge in [-0.1, -0.05) is 26.0 Å². The molecule has 2 heterocycles. The maximum Gasteiger partial charge on any atom is 0.119 e. The molecule has 1 aromatic carbocycles. The van der Waals surface area contributed by atoms with Crippen LogP contribution in [0.1, 0.15) is 62.4 Å². The van der Waals surface area contributed by atoms with E-state index >= 15 is 0 Å². The lowest BCUT2D eigenvalue weighted by Gasteiger charge is -2.27. The lowest BCUT2D eigenvalue weighted by molar-refractivity contribution is 0.253. The normalized spacial score (nSPS) is 18.7. The third-order valence-electron chi connectivity index (χ3n) is 6.05. The number of piperidine rings is 1. The molecule has 0 N–H and O–H groups in total. The Morgan fingerprint density at radius 1 is 1.07 bits per heavy atom. The van der Waals surface area contributed by atoms with Crippen molar-refractivity contribution in [2.75, 3.05) is 26.7 Å².